The van der Waals surface area contributed by atoms with E-state index >= 15 is 0 Å². The van der Waals surface area contributed by atoms with Crippen LogP contribution in [0.5, 0.6) is 5.75 Å². The van der Waals surface area contributed by atoms with E-state index in [1.165, 1.54) is 11.1 Å². The summed E-state index contributed by atoms with van der Waals surface area (Å²) in [6.45, 7) is 5.87. The van der Waals surface area contributed by atoms with Gasteiger partial charge in [-0.1, -0.05) is 35.9 Å². The highest BCUT2D eigenvalue weighted by molar-refractivity contribution is 6.31. The number of tetrazole rings is 1. The Morgan fingerprint density at radius 2 is 2.00 bits per heavy atom. The van der Waals surface area contributed by atoms with Crippen molar-refractivity contribution in [2.24, 2.45) is 0 Å². The summed E-state index contributed by atoms with van der Waals surface area (Å²) >= 11 is 6.25. The second-order valence-corrected chi connectivity index (χ2v) is 8.52. The molecule has 1 aromatic heterocycles. The predicted octanol–water partition coefficient (Wildman–Crippen LogP) is 3.08. The molecule has 2 atom stereocenters. The lowest BCUT2D eigenvalue weighted by Gasteiger charge is -2.25. The predicted molar refractivity (Wildman–Crippen MR) is 121 cm³/mol. The van der Waals surface area contributed by atoms with Crippen LogP contribution in [-0.4, -0.2) is 50.7 Å². The maximum atomic E-state index is 13.2. The van der Waals surface area contributed by atoms with Crippen molar-refractivity contribution < 1.29 is 9.53 Å². The van der Waals surface area contributed by atoms with Gasteiger partial charge in [0.2, 0.25) is 5.91 Å². The number of rotatable bonds is 7. The molecule has 0 spiro atoms. The lowest BCUT2D eigenvalue weighted by atomic mass is 10.0. The molecule has 2 heterocycles. The minimum atomic E-state index is -0.298. The number of halogens is 1. The summed E-state index contributed by atoms with van der Waals surface area (Å²) in [5.74, 6) is 0.844. The average molecular weight is 455 g/mol. The zero-order valence-corrected chi connectivity index (χ0v) is 19.2. The minimum Gasteiger partial charge on any atom is -0.496 e. The largest absolute Gasteiger partial charge is 0.496 e. The van der Waals surface area contributed by atoms with Crippen LogP contribution in [0.15, 0.2) is 42.7 Å². The van der Waals surface area contributed by atoms with Crippen LogP contribution in [0, 0.1) is 13.8 Å². The quantitative estimate of drug-likeness (QED) is 0.590. The lowest BCUT2D eigenvalue weighted by molar-refractivity contribution is -0.125. The highest BCUT2D eigenvalue weighted by Gasteiger charge is 2.38. The number of benzene rings is 2. The first-order chi connectivity index (χ1) is 15.5. The molecule has 3 aromatic rings. The molecule has 1 saturated heterocycles. The molecular weight excluding hydrogens is 428 g/mol. The first-order valence-corrected chi connectivity index (χ1v) is 11.0. The highest BCUT2D eigenvalue weighted by atomic mass is 35.5. The van der Waals surface area contributed by atoms with E-state index in [9.17, 15) is 4.79 Å². The number of ether oxygens (including phenoxy) is 1. The molecule has 32 heavy (non-hydrogen) atoms. The Balaban J connectivity index is 1.53. The molecule has 1 amide bonds. The van der Waals surface area contributed by atoms with E-state index in [-0.39, 0.29) is 18.0 Å². The molecule has 1 aliphatic heterocycles. The van der Waals surface area contributed by atoms with E-state index < -0.39 is 0 Å². The number of aromatic nitrogens is 4. The van der Waals surface area contributed by atoms with Crippen molar-refractivity contribution in [3.05, 3.63) is 70.0 Å². The molecule has 0 unspecified atom stereocenters. The first-order valence-electron chi connectivity index (χ1n) is 10.6. The number of nitrogens with zero attached hydrogens (tertiary/aromatic N) is 5. The molecule has 0 saturated carbocycles. The van der Waals surface area contributed by atoms with Gasteiger partial charge in [0.15, 0.2) is 0 Å². The van der Waals surface area contributed by atoms with Crippen LogP contribution < -0.4 is 10.1 Å². The zero-order chi connectivity index (χ0) is 22.7. The van der Waals surface area contributed by atoms with Crippen LogP contribution in [-0.2, 0) is 17.9 Å². The average Bonchev–Trinajstić information content (AvgIpc) is 3.46. The van der Waals surface area contributed by atoms with Gasteiger partial charge >= 0.3 is 0 Å². The monoisotopic (exact) mass is 454 g/mol. The number of likely N-dealkylation sites (tertiary alicyclic amines) is 1. The molecule has 0 aliphatic carbocycles. The normalized spacial score (nSPS) is 18.6. The number of nitrogens with one attached hydrogen (secondary N) is 1. The van der Waals surface area contributed by atoms with E-state index in [0.717, 1.165) is 16.9 Å². The van der Waals surface area contributed by atoms with E-state index in [4.69, 9.17) is 16.3 Å². The van der Waals surface area contributed by atoms with Gasteiger partial charge in [-0.15, -0.1) is 5.10 Å². The number of methoxy groups -OCH3 is 1. The number of amides is 1. The second-order valence-electron chi connectivity index (χ2n) is 8.11. The molecular formula is C23H27ClN6O2. The molecule has 1 fully saturated rings. The maximum absolute atomic E-state index is 13.2. The minimum absolute atomic E-state index is 0.0246. The third kappa shape index (κ3) is 4.61. The van der Waals surface area contributed by atoms with Gasteiger partial charge in [-0.2, -0.15) is 0 Å². The summed E-state index contributed by atoms with van der Waals surface area (Å²) in [5, 5.41) is 15.3. The van der Waals surface area contributed by atoms with Gasteiger partial charge in [-0.25, -0.2) is 4.68 Å². The van der Waals surface area contributed by atoms with Gasteiger partial charge in [-0.3, -0.25) is 9.69 Å². The summed E-state index contributed by atoms with van der Waals surface area (Å²) in [7, 11) is 1.68. The first kappa shape index (κ1) is 22.2. The number of carbonyl (C=O) groups is 1. The van der Waals surface area contributed by atoms with Gasteiger partial charge in [0.05, 0.1) is 19.2 Å². The van der Waals surface area contributed by atoms with Gasteiger partial charge < -0.3 is 10.1 Å². The van der Waals surface area contributed by atoms with Crippen molar-refractivity contribution in [2.75, 3.05) is 13.7 Å². The van der Waals surface area contributed by atoms with Crippen LogP contribution in [0.4, 0.5) is 0 Å². The van der Waals surface area contributed by atoms with Crippen molar-refractivity contribution in [1.82, 2.24) is 30.4 Å². The maximum Gasteiger partial charge on any atom is 0.237 e. The van der Waals surface area contributed by atoms with E-state index in [1.54, 1.807) is 18.1 Å². The fraction of sp³-hybridized carbons (Fsp3) is 0.391. The van der Waals surface area contributed by atoms with Crippen LogP contribution in [0.25, 0.3) is 0 Å². The number of hydrogen-bond donors (Lipinski definition) is 1. The van der Waals surface area contributed by atoms with Crippen molar-refractivity contribution in [2.45, 2.75) is 45.4 Å². The SMILES string of the molecule is COc1ccc(CN2C[C@H](n3cnnn3)C[C@H]2C(=O)NCc2ccccc2Cl)c(C)c1C. The van der Waals surface area contributed by atoms with E-state index in [2.05, 4.69) is 45.7 Å². The Hall–Kier alpha value is -2.97. The highest BCUT2D eigenvalue weighted by Crippen LogP contribution is 2.31. The van der Waals surface area contributed by atoms with Crippen molar-refractivity contribution in [3.63, 3.8) is 0 Å². The zero-order valence-electron chi connectivity index (χ0n) is 18.5. The fourth-order valence-electron chi connectivity index (χ4n) is 4.26. The summed E-state index contributed by atoms with van der Waals surface area (Å²) < 4.78 is 7.18. The summed E-state index contributed by atoms with van der Waals surface area (Å²) in [6.07, 6.45) is 2.24. The molecule has 1 N–H and O–H groups in total. The van der Waals surface area contributed by atoms with Crippen LogP contribution >= 0.6 is 11.6 Å². The van der Waals surface area contributed by atoms with Crippen molar-refractivity contribution in [1.29, 1.82) is 0 Å². The van der Waals surface area contributed by atoms with Crippen molar-refractivity contribution >= 4 is 17.5 Å². The topological polar surface area (TPSA) is 85.2 Å². The van der Waals surface area contributed by atoms with Crippen LogP contribution in [0.3, 0.4) is 0 Å². The van der Waals surface area contributed by atoms with Crippen molar-refractivity contribution in [3.8, 4) is 5.75 Å². The molecule has 8 nitrogen and oxygen atoms in total. The third-order valence-corrected chi connectivity index (χ3v) is 6.65. The standard InChI is InChI=1S/C23H27ClN6O2/c1-15-16(2)22(32-3)9-8-18(15)12-29-13-19(30-14-26-27-28-30)10-21(29)23(31)25-11-17-6-4-5-7-20(17)24/h4-9,14,19,21H,10-13H2,1-3H3,(H,25,31)/t19-,21+/m1/s1. The molecule has 1 aliphatic rings. The van der Waals surface area contributed by atoms with Gasteiger partial charge in [-0.05, 0) is 65.1 Å². The number of carbonyl (C=O) groups excluding carboxylic acids is 1. The Morgan fingerprint density at radius 3 is 2.72 bits per heavy atom. The van der Waals surface area contributed by atoms with E-state index in [0.29, 0.717) is 31.1 Å². The summed E-state index contributed by atoms with van der Waals surface area (Å²) in [4.78, 5) is 15.4. The third-order valence-electron chi connectivity index (χ3n) is 6.28. The molecule has 9 heteroatoms. The fourth-order valence-corrected chi connectivity index (χ4v) is 4.46. The van der Waals surface area contributed by atoms with Crippen LogP contribution in [0.2, 0.25) is 5.02 Å². The summed E-state index contributed by atoms with van der Waals surface area (Å²) in [5.41, 5.74) is 4.35. The van der Waals surface area contributed by atoms with Gasteiger partial charge in [0.25, 0.3) is 0 Å². The van der Waals surface area contributed by atoms with Gasteiger partial charge in [0.1, 0.15) is 12.1 Å². The Bertz CT molecular complexity index is 1090. The Kier molecular flexibility index (Phi) is 6.72. The Morgan fingerprint density at radius 1 is 1.19 bits per heavy atom. The number of hydrogen-bond acceptors (Lipinski definition) is 6. The molecule has 4 rings (SSSR count). The Labute approximate surface area is 192 Å². The van der Waals surface area contributed by atoms with Crippen LogP contribution in [0.1, 0.15) is 34.7 Å². The molecule has 0 bridgehead atoms. The second kappa shape index (κ2) is 9.67. The summed E-state index contributed by atoms with van der Waals surface area (Å²) in [6, 6.07) is 11.3. The van der Waals surface area contributed by atoms with E-state index in [1.807, 2.05) is 30.3 Å². The van der Waals surface area contributed by atoms with Gasteiger partial charge in [0, 0.05) is 24.7 Å². The molecule has 2 aromatic carbocycles. The lowest BCUT2D eigenvalue weighted by Crippen LogP contribution is -2.42. The smallest absolute Gasteiger partial charge is 0.237 e. The molecule has 168 valence electrons. The molecule has 0 radical (unpaired) electrons.